The fraction of sp³-hybridized carbons (Fsp3) is 0.406. The zero-order valence-electron chi connectivity index (χ0n) is 23.7. The van der Waals surface area contributed by atoms with E-state index in [0.717, 1.165) is 62.3 Å². The Kier molecular flexibility index (Phi) is 9.53. The molecule has 0 bridgehead atoms. The van der Waals surface area contributed by atoms with E-state index in [0.29, 0.717) is 12.5 Å². The van der Waals surface area contributed by atoms with E-state index >= 15 is 0 Å². The molecule has 11 heteroatoms. The fourth-order valence-corrected chi connectivity index (χ4v) is 7.26. The van der Waals surface area contributed by atoms with Gasteiger partial charge in [0, 0.05) is 18.5 Å². The molecule has 0 radical (unpaired) electrons. The summed E-state index contributed by atoms with van der Waals surface area (Å²) in [4.78, 5) is 15.2. The third-order valence-corrected chi connectivity index (χ3v) is 9.62. The number of rotatable bonds is 9. The molecule has 0 saturated carbocycles. The van der Waals surface area contributed by atoms with Crippen LogP contribution in [0.5, 0.6) is 0 Å². The number of halogens is 4. The SMILES string of the molecule is O=C(CC(NS(=O)(=O)c1cccc(C(F)(F)F)c1)c1ccccc1F)NC1CCCc2cc(CN3CCCCC3)ccc21. The first kappa shape index (κ1) is 31.2. The molecule has 2 atom stereocenters. The maximum Gasteiger partial charge on any atom is 0.416 e. The average molecular weight is 618 g/mol. The van der Waals surface area contributed by atoms with E-state index in [-0.39, 0.29) is 11.6 Å². The number of nitrogens with one attached hydrogen (secondary N) is 2. The van der Waals surface area contributed by atoms with E-state index in [1.165, 1.54) is 48.6 Å². The zero-order chi connectivity index (χ0) is 30.6. The van der Waals surface area contributed by atoms with Crippen molar-refractivity contribution in [3.05, 3.63) is 100 Å². The fourth-order valence-electron chi connectivity index (χ4n) is 6.00. The summed E-state index contributed by atoms with van der Waals surface area (Å²) in [5.41, 5.74) is 2.19. The quantitative estimate of drug-likeness (QED) is 0.271. The Bertz CT molecular complexity index is 1560. The Morgan fingerprint density at radius 2 is 1.72 bits per heavy atom. The minimum Gasteiger partial charge on any atom is -0.349 e. The number of carbonyl (C=O) groups is 1. The van der Waals surface area contributed by atoms with Crippen molar-refractivity contribution in [2.75, 3.05) is 13.1 Å². The molecule has 1 amide bonds. The van der Waals surface area contributed by atoms with Gasteiger partial charge in [-0.15, -0.1) is 0 Å². The van der Waals surface area contributed by atoms with Crippen LogP contribution >= 0.6 is 0 Å². The van der Waals surface area contributed by atoms with Crippen LogP contribution < -0.4 is 10.0 Å². The first-order chi connectivity index (χ1) is 20.5. The minimum atomic E-state index is -4.75. The summed E-state index contributed by atoms with van der Waals surface area (Å²) in [6.45, 7) is 3.08. The minimum absolute atomic E-state index is 0.0837. The van der Waals surface area contributed by atoms with Gasteiger partial charge < -0.3 is 5.32 Å². The van der Waals surface area contributed by atoms with Crippen molar-refractivity contribution in [2.45, 2.75) is 74.6 Å². The number of benzene rings is 3. The number of fused-ring (bicyclic) bond motifs is 1. The summed E-state index contributed by atoms with van der Waals surface area (Å²) >= 11 is 0. The molecule has 1 aliphatic carbocycles. The second kappa shape index (κ2) is 13.2. The summed E-state index contributed by atoms with van der Waals surface area (Å²) in [5, 5.41) is 2.99. The lowest BCUT2D eigenvalue weighted by atomic mass is 9.86. The number of sulfonamides is 1. The van der Waals surface area contributed by atoms with Crippen molar-refractivity contribution in [2.24, 2.45) is 0 Å². The van der Waals surface area contributed by atoms with Crippen molar-refractivity contribution in [1.82, 2.24) is 14.9 Å². The second-order valence-corrected chi connectivity index (χ2v) is 13.0. The van der Waals surface area contributed by atoms with Gasteiger partial charge in [0.25, 0.3) is 0 Å². The Hall–Kier alpha value is -3.28. The van der Waals surface area contributed by atoms with Gasteiger partial charge >= 0.3 is 6.18 Å². The van der Waals surface area contributed by atoms with Crippen molar-refractivity contribution in [3.63, 3.8) is 0 Å². The topological polar surface area (TPSA) is 78.5 Å². The maximum absolute atomic E-state index is 14.8. The molecule has 43 heavy (non-hydrogen) atoms. The summed E-state index contributed by atoms with van der Waals surface area (Å²) in [6.07, 6.45) is 0.955. The van der Waals surface area contributed by atoms with Gasteiger partial charge in [-0.05, 0) is 86.1 Å². The lowest BCUT2D eigenvalue weighted by Crippen LogP contribution is -2.36. The van der Waals surface area contributed by atoms with Gasteiger partial charge in [0.15, 0.2) is 0 Å². The molecule has 2 unspecified atom stereocenters. The molecule has 2 N–H and O–H groups in total. The molecule has 3 aromatic rings. The normalized spacial score (nSPS) is 18.6. The first-order valence-corrected chi connectivity index (χ1v) is 16.1. The second-order valence-electron chi connectivity index (χ2n) is 11.3. The Morgan fingerprint density at radius 3 is 2.47 bits per heavy atom. The standard InChI is InChI=1S/C32H35F4N3O3S/c33-28-12-3-2-11-27(28)30(38-43(41,42)25-10-7-9-24(19-25)32(34,35)36)20-31(40)37-29-13-6-8-23-18-22(14-15-26(23)29)21-39-16-4-1-5-17-39/h2-3,7,9-12,14-15,18-19,29-30,38H,1,4-6,8,13,16-17,20-21H2,(H,37,40). The highest BCUT2D eigenvalue weighted by Crippen LogP contribution is 2.33. The van der Waals surface area contributed by atoms with Crippen LogP contribution in [0.4, 0.5) is 17.6 Å². The highest BCUT2D eigenvalue weighted by molar-refractivity contribution is 7.89. The molecule has 0 aromatic heterocycles. The summed E-state index contributed by atoms with van der Waals surface area (Å²) in [5.74, 6) is -1.24. The van der Waals surface area contributed by atoms with Gasteiger partial charge in [-0.1, -0.05) is 48.9 Å². The number of hydrogen-bond donors (Lipinski definition) is 2. The zero-order valence-corrected chi connectivity index (χ0v) is 24.5. The van der Waals surface area contributed by atoms with E-state index in [9.17, 15) is 30.8 Å². The molecule has 3 aromatic carbocycles. The summed E-state index contributed by atoms with van der Waals surface area (Å²) in [7, 11) is -4.55. The van der Waals surface area contributed by atoms with E-state index < -0.39 is 50.8 Å². The third kappa shape index (κ3) is 7.82. The molecular weight excluding hydrogens is 582 g/mol. The molecule has 6 nitrogen and oxygen atoms in total. The van der Waals surface area contributed by atoms with E-state index in [4.69, 9.17) is 0 Å². The van der Waals surface area contributed by atoms with E-state index in [1.807, 2.05) is 6.07 Å². The highest BCUT2D eigenvalue weighted by Gasteiger charge is 2.33. The van der Waals surface area contributed by atoms with Crippen molar-refractivity contribution >= 4 is 15.9 Å². The molecule has 1 heterocycles. The molecule has 2 aliphatic rings. The molecular formula is C32H35F4N3O3S. The lowest BCUT2D eigenvalue weighted by Gasteiger charge is -2.29. The number of amides is 1. The van der Waals surface area contributed by atoms with Crippen molar-refractivity contribution in [1.29, 1.82) is 0 Å². The van der Waals surface area contributed by atoms with Gasteiger partial charge in [-0.2, -0.15) is 13.2 Å². The van der Waals surface area contributed by atoms with E-state index in [2.05, 4.69) is 27.1 Å². The number of nitrogens with zero attached hydrogens (tertiary/aromatic N) is 1. The van der Waals surface area contributed by atoms with Crippen molar-refractivity contribution < 1.29 is 30.8 Å². The maximum atomic E-state index is 14.8. The van der Waals surface area contributed by atoms with Crippen LogP contribution in [0.1, 0.15) is 78.4 Å². The third-order valence-electron chi connectivity index (χ3n) is 8.15. The number of likely N-dealkylation sites (tertiary alicyclic amines) is 1. The number of aryl methyl sites for hydroxylation is 1. The highest BCUT2D eigenvalue weighted by atomic mass is 32.2. The Balaban J connectivity index is 1.33. The van der Waals surface area contributed by atoms with Gasteiger partial charge in [0.2, 0.25) is 15.9 Å². The lowest BCUT2D eigenvalue weighted by molar-refractivity contribution is -0.137. The molecule has 1 fully saturated rings. The van der Waals surface area contributed by atoms with Gasteiger partial charge in [0.1, 0.15) is 5.82 Å². The summed E-state index contributed by atoms with van der Waals surface area (Å²) < 4.78 is 83.2. The predicted octanol–water partition coefficient (Wildman–Crippen LogP) is 6.43. The van der Waals surface area contributed by atoms with Gasteiger partial charge in [0.05, 0.1) is 22.5 Å². The number of hydrogen-bond acceptors (Lipinski definition) is 4. The van der Waals surface area contributed by atoms with Crippen LogP contribution in [0, 0.1) is 5.82 Å². The molecule has 230 valence electrons. The summed E-state index contributed by atoms with van der Waals surface area (Å²) in [6, 6.07) is 13.4. The van der Waals surface area contributed by atoms with E-state index in [1.54, 1.807) is 0 Å². The van der Waals surface area contributed by atoms with Gasteiger partial charge in [-0.25, -0.2) is 17.5 Å². The first-order valence-electron chi connectivity index (χ1n) is 14.6. The van der Waals surface area contributed by atoms with Crippen LogP contribution in [0.3, 0.4) is 0 Å². The number of alkyl halides is 3. The Labute approximate surface area is 249 Å². The van der Waals surface area contributed by atoms with Crippen molar-refractivity contribution in [3.8, 4) is 0 Å². The molecule has 5 rings (SSSR count). The number of piperidine rings is 1. The largest absolute Gasteiger partial charge is 0.416 e. The molecule has 1 aliphatic heterocycles. The molecule has 0 spiro atoms. The molecule has 1 saturated heterocycles. The van der Waals surface area contributed by atoms with Crippen LogP contribution in [0.25, 0.3) is 0 Å². The van der Waals surface area contributed by atoms with Crippen LogP contribution in [0.2, 0.25) is 0 Å². The average Bonchev–Trinajstić information content (AvgIpc) is 2.97. The Morgan fingerprint density at radius 1 is 0.953 bits per heavy atom. The predicted molar refractivity (Wildman–Crippen MR) is 155 cm³/mol. The number of carbonyl (C=O) groups excluding carboxylic acids is 1. The smallest absolute Gasteiger partial charge is 0.349 e. The van der Waals surface area contributed by atoms with Crippen LogP contribution in [-0.2, 0) is 34.0 Å². The van der Waals surface area contributed by atoms with Gasteiger partial charge in [-0.3, -0.25) is 9.69 Å². The van der Waals surface area contributed by atoms with Crippen LogP contribution in [0.15, 0.2) is 71.6 Å². The monoisotopic (exact) mass is 617 g/mol. The van der Waals surface area contributed by atoms with Crippen LogP contribution in [-0.4, -0.2) is 32.3 Å².